The van der Waals surface area contributed by atoms with Gasteiger partial charge < -0.3 is 0 Å². The van der Waals surface area contributed by atoms with Crippen LogP contribution in [0.3, 0.4) is 0 Å². The van der Waals surface area contributed by atoms with E-state index in [1.165, 1.54) is 59.9 Å². The van der Waals surface area contributed by atoms with Gasteiger partial charge in [-0.1, -0.05) is 74.7 Å². The number of hydrogen-bond donors (Lipinski definition) is 0. The zero-order chi connectivity index (χ0) is 17.5. The first-order valence-electron chi connectivity index (χ1n) is 9.39. The third kappa shape index (κ3) is 4.57. The van der Waals surface area contributed by atoms with E-state index in [0.29, 0.717) is 0 Å². The van der Waals surface area contributed by atoms with E-state index in [-0.39, 0.29) is 0 Å². The highest BCUT2D eigenvalue weighted by atomic mass is 14.7. The van der Waals surface area contributed by atoms with Crippen LogP contribution < -0.4 is 0 Å². The molecule has 2 aromatic carbocycles. The van der Waals surface area contributed by atoms with Crippen LogP contribution in [0.2, 0.25) is 0 Å². The number of hydrogen-bond acceptors (Lipinski definition) is 1. The molecule has 3 aromatic rings. The first kappa shape index (κ1) is 17.4. The molecule has 0 N–H and O–H groups in total. The molecule has 1 heterocycles. The molecule has 0 unspecified atom stereocenters. The molecule has 0 aliphatic carbocycles. The number of pyridine rings is 1. The Balaban J connectivity index is 1.83. The molecule has 128 valence electrons. The van der Waals surface area contributed by atoms with Gasteiger partial charge in [-0.15, -0.1) is 0 Å². The summed E-state index contributed by atoms with van der Waals surface area (Å²) in [5, 5.41) is 0. The first-order valence-corrected chi connectivity index (χ1v) is 9.39. The molecule has 0 bridgehead atoms. The molecule has 0 amide bonds. The Morgan fingerprint density at radius 2 is 1.52 bits per heavy atom. The molecular weight excluding hydrogens is 302 g/mol. The fourth-order valence-corrected chi connectivity index (χ4v) is 3.30. The predicted molar refractivity (Wildman–Crippen MR) is 108 cm³/mol. The molecule has 0 aliphatic rings. The van der Waals surface area contributed by atoms with Crippen molar-refractivity contribution in [2.75, 3.05) is 0 Å². The van der Waals surface area contributed by atoms with Gasteiger partial charge in [0, 0.05) is 11.8 Å². The summed E-state index contributed by atoms with van der Waals surface area (Å²) in [6.07, 6.45) is 8.28. The summed E-state index contributed by atoms with van der Waals surface area (Å²) in [6, 6.07) is 21.8. The van der Waals surface area contributed by atoms with Crippen molar-refractivity contribution in [3.63, 3.8) is 0 Å². The van der Waals surface area contributed by atoms with E-state index in [1.54, 1.807) is 0 Å². The van der Waals surface area contributed by atoms with Crippen LogP contribution in [0.25, 0.3) is 22.4 Å². The van der Waals surface area contributed by atoms with E-state index < -0.39 is 0 Å². The van der Waals surface area contributed by atoms with Crippen LogP contribution in [-0.2, 0) is 6.42 Å². The lowest BCUT2D eigenvalue weighted by Crippen LogP contribution is -1.89. The van der Waals surface area contributed by atoms with Crippen LogP contribution in [0.1, 0.15) is 43.7 Å². The van der Waals surface area contributed by atoms with Crippen LogP contribution in [0, 0.1) is 6.92 Å². The molecule has 0 aliphatic heterocycles. The quantitative estimate of drug-likeness (QED) is 0.432. The Hall–Kier alpha value is -2.41. The summed E-state index contributed by atoms with van der Waals surface area (Å²) in [7, 11) is 0. The second-order valence-corrected chi connectivity index (χ2v) is 6.76. The van der Waals surface area contributed by atoms with E-state index >= 15 is 0 Å². The molecule has 3 rings (SSSR count). The smallest absolute Gasteiger partial charge is 0.0731 e. The second kappa shape index (κ2) is 8.62. The Labute approximate surface area is 151 Å². The van der Waals surface area contributed by atoms with Gasteiger partial charge in [0.1, 0.15) is 0 Å². The number of aromatic nitrogens is 1. The van der Waals surface area contributed by atoms with Gasteiger partial charge in [-0.25, -0.2) is 0 Å². The zero-order valence-electron chi connectivity index (χ0n) is 15.3. The maximum Gasteiger partial charge on any atom is 0.0731 e. The highest BCUT2D eigenvalue weighted by molar-refractivity contribution is 5.72. The summed E-state index contributed by atoms with van der Waals surface area (Å²) in [5.41, 5.74) is 7.46. The topological polar surface area (TPSA) is 12.9 Å². The SMILES string of the molecule is CCCCCCc1cccc(-c2cccc(-c3ncccc3C)c2)c1. The van der Waals surface area contributed by atoms with Gasteiger partial charge in [0.2, 0.25) is 0 Å². The van der Waals surface area contributed by atoms with Gasteiger partial charge in [0.05, 0.1) is 5.69 Å². The molecule has 0 atom stereocenters. The van der Waals surface area contributed by atoms with Gasteiger partial charge in [-0.2, -0.15) is 0 Å². The van der Waals surface area contributed by atoms with Gasteiger partial charge in [-0.3, -0.25) is 4.98 Å². The molecule has 1 aromatic heterocycles. The number of benzene rings is 2. The zero-order valence-corrected chi connectivity index (χ0v) is 15.3. The monoisotopic (exact) mass is 329 g/mol. The third-order valence-corrected chi connectivity index (χ3v) is 4.72. The van der Waals surface area contributed by atoms with Gasteiger partial charge >= 0.3 is 0 Å². The Morgan fingerprint density at radius 1 is 0.760 bits per heavy atom. The summed E-state index contributed by atoms with van der Waals surface area (Å²) in [4.78, 5) is 4.56. The van der Waals surface area contributed by atoms with Crippen molar-refractivity contribution in [2.45, 2.75) is 46.0 Å². The molecule has 0 fully saturated rings. The lowest BCUT2D eigenvalue weighted by molar-refractivity contribution is 0.667. The van der Waals surface area contributed by atoms with Crippen molar-refractivity contribution >= 4 is 0 Å². The summed E-state index contributed by atoms with van der Waals surface area (Å²) in [5.74, 6) is 0. The van der Waals surface area contributed by atoms with Gasteiger partial charge in [-0.05, 0) is 54.2 Å². The highest BCUT2D eigenvalue weighted by Gasteiger charge is 2.05. The maximum atomic E-state index is 4.56. The van der Waals surface area contributed by atoms with E-state index in [9.17, 15) is 0 Å². The number of rotatable bonds is 7. The number of aryl methyl sites for hydroxylation is 2. The fourth-order valence-electron chi connectivity index (χ4n) is 3.30. The molecule has 0 saturated heterocycles. The van der Waals surface area contributed by atoms with Crippen molar-refractivity contribution in [1.82, 2.24) is 4.98 Å². The number of nitrogens with zero attached hydrogens (tertiary/aromatic N) is 1. The lowest BCUT2D eigenvalue weighted by atomic mass is 9.97. The van der Waals surface area contributed by atoms with Crippen LogP contribution >= 0.6 is 0 Å². The minimum atomic E-state index is 1.07. The molecule has 0 radical (unpaired) electrons. The van der Waals surface area contributed by atoms with Crippen LogP contribution in [-0.4, -0.2) is 4.98 Å². The fraction of sp³-hybridized carbons (Fsp3) is 0.292. The van der Waals surface area contributed by atoms with Gasteiger partial charge in [0.15, 0.2) is 0 Å². The van der Waals surface area contributed by atoms with Crippen molar-refractivity contribution in [2.24, 2.45) is 0 Å². The maximum absolute atomic E-state index is 4.56. The van der Waals surface area contributed by atoms with E-state index in [1.807, 2.05) is 12.3 Å². The predicted octanol–water partition coefficient (Wildman–Crippen LogP) is 6.85. The van der Waals surface area contributed by atoms with E-state index in [2.05, 4.69) is 73.4 Å². The summed E-state index contributed by atoms with van der Waals surface area (Å²) in [6.45, 7) is 4.38. The normalized spacial score (nSPS) is 10.8. The second-order valence-electron chi connectivity index (χ2n) is 6.76. The van der Waals surface area contributed by atoms with E-state index in [4.69, 9.17) is 0 Å². The average Bonchev–Trinajstić information content (AvgIpc) is 2.66. The van der Waals surface area contributed by atoms with Crippen LogP contribution in [0.5, 0.6) is 0 Å². The largest absolute Gasteiger partial charge is 0.256 e. The van der Waals surface area contributed by atoms with Crippen molar-refractivity contribution in [1.29, 1.82) is 0 Å². The Morgan fingerprint density at radius 3 is 2.32 bits per heavy atom. The number of unbranched alkanes of at least 4 members (excludes halogenated alkanes) is 3. The first-order chi connectivity index (χ1) is 12.3. The molecule has 1 heteroatoms. The van der Waals surface area contributed by atoms with Crippen molar-refractivity contribution < 1.29 is 0 Å². The van der Waals surface area contributed by atoms with Crippen LogP contribution in [0.4, 0.5) is 0 Å². The average molecular weight is 329 g/mol. The lowest BCUT2D eigenvalue weighted by Gasteiger charge is -2.09. The summed E-state index contributed by atoms with van der Waals surface area (Å²) >= 11 is 0. The molecular formula is C24H27N. The molecule has 1 nitrogen and oxygen atoms in total. The Bertz CT molecular complexity index is 820. The highest BCUT2D eigenvalue weighted by Crippen LogP contribution is 2.27. The van der Waals surface area contributed by atoms with Crippen molar-refractivity contribution in [3.8, 4) is 22.4 Å². The standard InChI is InChI=1S/C24H27N/c1-3-4-5-6-11-20-12-7-13-21(17-20)22-14-8-15-23(18-22)24-19(2)10-9-16-25-24/h7-10,12-18H,3-6,11H2,1-2H3. The molecule has 0 saturated carbocycles. The van der Waals surface area contributed by atoms with Crippen LogP contribution in [0.15, 0.2) is 66.9 Å². The molecule has 25 heavy (non-hydrogen) atoms. The third-order valence-electron chi connectivity index (χ3n) is 4.72. The summed E-state index contributed by atoms with van der Waals surface area (Å²) < 4.78 is 0. The minimum absolute atomic E-state index is 1.07. The van der Waals surface area contributed by atoms with Crippen molar-refractivity contribution in [3.05, 3.63) is 78.0 Å². The minimum Gasteiger partial charge on any atom is -0.256 e. The Kier molecular flexibility index (Phi) is 6.00. The van der Waals surface area contributed by atoms with Gasteiger partial charge in [0.25, 0.3) is 0 Å². The van der Waals surface area contributed by atoms with E-state index in [0.717, 1.165) is 5.69 Å². The molecule has 0 spiro atoms.